The van der Waals surface area contributed by atoms with Gasteiger partial charge in [-0.05, 0) is 98.9 Å². The molecule has 46 heavy (non-hydrogen) atoms. The normalized spacial score (nSPS) is 24.7. The maximum absolute atomic E-state index is 13.6. The smallest absolute Gasteiger partial charge is 0.274 e. The number of carbonyl (C=O) groups excluding carboxylic acids is 2. The predicted molar refractivity (Wildman–Crippen MR) is 176 cm³/mol. The summed E-state index contributed by atoms with van der Waals surface area (Å²) in [6, 6.07) is 13.0. The van der Waals surface area contributed by atoms with Crippen molar-refractivity contribution < 1.29 is 14.3 Å². The molecule has 9 heteroatoms. The van der Waals surface area contributed by atoms with Crippen LogP contribution >= 0.6 is 0 Å². The van der Waals surface area contributed by atoms with Gasteiger partial charge in [-0.3, -0.25) is 14.6 Å². The van der Waals surface area contributed by atoms with Gasteiger partial charge in [0.1, 0.15) is 5.75 Å². The molecule has 0 N–H and O–H groups in total. The number of nitrogens with zero attached hydrogens (tertiary/aromatic N) is 6. The summed E-state index contributed by atoms with van der Waals surface area (Å²) in [5.74, 6) is 10.2. The zero-order valence-corrected chi connectivity index (χ0v) is 26.8. The van der Waals surface area contributed by atoms with Crippen LogP contribution in [-0.4, -0.2) is 83.2 Å². The molecule has 1 aliphatic heterocycles. The van der Waals surface area contributed by atoms with E-state index in [2.05, 4.69) is 31.9 Å². The Bertz CT molecular complexity index is 1620. The number of piperazine rings is 1. The molecule has 2 amide bonds. The Hall–Kier alpha value is -4.45. The lowest BCUT2D eigenvalue weighted by Crippen LogP contribution is -2.51. The third-order valence-corrected chi connectivity index (χ3v) is 10.4. The van der Waals surface area contributed by atoms with Crippen molar-refractivity contribution in [2.45, 2.75) is 45.4 Å². The van der Waals surface area contributed by atoms with Gasteiger partial charge in [0.2, 0.25) is 0 Å². The van der Waals surface area contributed by atoms with Crippen LogP contribution in [0.4, 0.5) is 5.82 Å². The fraction of sp³-hybridized carbons (Fsp3) is 0.486. The van der Waals surface area contributed by atoms with Gasteiger partial charge in [0.15, 0.2) is 11.5 Å². The molecule has 238 valence electrons. The zero-order valence-electron chi connectivity index (χ0n) is 26.8. The Labute approximate surface area is 271 Å². The first kappa shape index (κ1) is 30.2. The average Bonchev–Trinajstić information content (AvgIpc) is 3.06. The SMILES string of the molecule is CCOc1cncc(C#Cc2ccccc2C(=O)N2CCN(c3ccc(C(=O)N(C)CC45CC6CC(CC(C6)C4)C5)nn3)CC2)c1. The van der Waals surface area contributed by atoms with Crippen LogP contribution in [0.1, 0.15) is 77.4 Å². The summed E-state index contributed by atoms with van der Waals surface area (Å²) in [7, 11) is 1.92. The lowest BCUT2D eigenvalue weighted by molar-refractivity contribution is -0.0629. The zero-order chi connectivity index (χ0) is 31.7. The maximum Gasteiger partial charge on any atom is 0.274 e. The minimum absolute atomic E-state index is 0.0418. The van der Waals surface area contributed by atoms with Crippen molar-refractivity contribution in [3.8, 4) is 17.6 Å². The number of amides is 2. The molecule has 4 bridgehead atoms. The molecular formula is C37H42N6O3. The van der Waals surface area contributed by atoms with Crippen molar-refractivity contribution in [3.05, 3.63) is 77.2 Å². The van der Waals surface area contributed by atoms with E-state index in [1.807, 2.05) is 60.2 Å². The standard InChI is InChI=1S/C37H42N6O3/c1-3-46-31-19-26(23-38-24-31)8-9-30-6-4-5-7-32(30)35(44)43-14-12-42(13-15-43)34-11-10-33(39-40-34)36(45)41(2)25-37-20-27-16-28(21-37)18-29(17-27)22-37/h4-7,10-11,19,23-24,27-29H,3,12-18,20-22,25H2,1-2H3. The molecule has 0 radical (unpaired) electrons. The van der Waals surface area contributed by atoms with E-state index in [0.29, 0.717) is 60.8 Å². The largest absolute Gasteiger partial charge is 0.492 e. The number of benzene rings is 1. The minimum atomic E-state index is -0.0507. The van der Waals surface area contributed by atoms with E-state index in [-0.39, 0.29) is 11.8 Å². The summed E-state index contributed by atoms with van der Waals surface area (Å²) < 4.78 is 5.53. The number of ether oxygens (including phenoxy) is 1. The van der Waals surface area contributed by atoms with Crippen molar-refractivity contribution >= 4 is 17.6 Å². The lowest BCUT2D eigenvalue weighted by atomic mass is 9.49. The molecule has 1 aromatic carbocycles. The topological polar surface area (TPSA) is 91.8 Å². The third kappa shape index (κ3) is 6.31. The van der Waals surface area contributed by atoms with Gasteiger partial charge in [0.25, 0.3) is 11.8 Å². The molecule has 0 spiro atoms. The summed E-state index contributed by atoms with van der Waals surface area (Å²) in [6.07, 6.45) is 11.4. The van der Waals surface area contributed by atoms with Crippen LogP contribution in [0.2, 0.25) is 0 Å². The van der Waals surface area contributed by atoms with Gasteiger partial charge < -0.3 is 19.4 Å². The Morgan fingerprint density at radius 3 is 2.33 bits per heavy atom. The van der Waals surface area contributed by atoms with Gasteiger partial charge in [-0.15, -0.1) is 10.2 Å². The van der Waals surface area contributed by atoms with E-state index in [4.69, 9.17) is 4.74 Å². The van der Waals surface area contributed by atoms with Crippen molar-refractivity contribution in [3.63, 3.8) is 0 Å². The molecule has 8 rings (SSSR count). The van der Waals surface area contributed by atoms with Crippen LogP contribution in [0, 0.1) is 35.0 Å². The second-order valence-corrected chi connectivity index (χ2v) is 13.8. The first-order valence-electron chi connectivity index (χ1n) is 16.7. The predicted octanol–water partition coefficient (Wildman–Crippen LogP) is 4.92. The van der Waals surface area contributed by atoms with Crippen molar-refractivity contribution in [2.75, 3.05) is 51.3 Å². The lowest BCUT2D eigenvalue weighted by Gasteiger charge is -2.57. The first-order valence-corrected chi connectivity index (χ1v) is 16.7. The summed E-state index contributed by atoms with van der Waals surface area (Å²) in [6.45, 7) is 5.66. The molecule has 0 atom stereocenters. The van der Waals surface area contributed by atoms with E-state index in [1.165, 1.54) is 38.5 Å². The molecule has 5 fully saturated rings. The maximum atomic E-state index is 13.6. The quantitative estimate of drug-likeness (QED) is 0.347. The number of carbonyl (C=O) groups is 2. The highest BCUT2D eigenvalue weighted by Gasteiger charge is 2.51. The van der Waals surface area contributed by atoms with Gasteiger partial charge in [-0.25, -0.2) is 0 Å². The monoisotopic (exact) mass is 618 g/mol. The summed E-state index contributed by atoms with van der Waals surface area (Å²) in [5.41, 5.74) is 2.67. The first-order chi connectivity index (χ1) is 22.4. The van der Waals surface area contributed by atoms with Gasteiger partial charge in [0.05, 0.1) is 18.4 Å². The molecule has 4 aliphatic carbocycles. The average molecular weight is 619 g/mol. The molecule has 0 unspecified atom stereocenters. The number of hydrogen-bond acceptors (Lipinski definition) is 7. The van der Waals surface area contributed by atoms with Crippen LogP contribution in [0.3, 0.4) is 0 Å². The summed E-state index contributed by atoms with van der Waals surface area (Å²) in [5, 5.41) is 8.79. The number of rotatable bonds is 7. The van der Waals surface area contributed by atoms with Crippen LogP contribution in [-0.2, 0) is 0 Å². The molecular weight excluding hydrogens is 576 g/mol. The van der Waals surface area contributed by atoms with E-state index in [0.717, 1.165) is 35.7 Å². The molecule has 4 saturated carbocycles. The van der Waals surface area contributed by atoms with Crippen molar-refractivity contribution in [2.24, 2.45) is 23.2 Å². The van der Waals surface area contributed by atoms with E-state index < -0.39 is 0 Å². The summed E-state index contributed by atoms with van der Waals surface area (Å²) >= 11 is 0. The Morgan fingerprint density at radius 2 is 1.65 bits per heavy atom. The molecule has 3 aromatic rings. The number of pyridine rings is 1. The van der Waals surface area contributed by atoms with Crippen LogP contribution in [0.15, 0.2) is 54.9 Å². The Kier molecular flexibility index (Phi) is 8.37. The Morgan fingerprint density at radius 1 is 0.935 bits per heavy atom. The van der Waals surface area contributed by atoms with Crippen LogP contribution in [0.5, 0.6) is 5.75 Å². The van der Waals surface area contributed by atoms with Gasteiger partial charge in [0, 0.05) is 57.1 Å². The highest BCUT2D eigenvalue weighted by Crippen LogP contribution is 2.60. The fourth-order valence-corrected chi connectivity index (χ4v) is 8.82. The number of hydrogen-bond donors (Lipinski definition) is 0. The van der Waals surface area contributed by atoms with Crippen LogP contribution < -0.4 is 9.64 Å². The second kappa shape index (κ2) is 12.7. The Balaban J connectivity index is 0.950. The molecule has 5 aliphatic rings. The van der Waals surface area contributed by atoms with Gasteiger partial charge in [-0.1, -0.05) is 24.0 Å². The molecule has 1 saturated heterocycles. The fourth-order valence-electron chi connectivity index (χ4n) is 8.82. The molecule has 2 aromatic heterocycles. The highest BCUT2D eigenvalue weighted by molar-refractivity contribution is 5.97. The van der Waals surface area contributed by atoms with Gasteiger partial charge in [-0.2, -0.15) is 0 Å². The second-order valence-electron chi connectivity index (χ2n) is 13.8. The third-order valence-electron chi connectivity index (χ3n) is 10.4. The van der Waals surface area contributed by atoms with E-state index in [9.17, 15) is 9.59 Å². The van der Waals surface area contributed by atoms with Crippen molar-refractivity contribution in [1.29, 1.82) is 0 Å². The highest BCUT2D eigenvalue weighted by atomic mass is 16.5. The molecule has 3 heterocycles. The number of anilines is 1. The molecule has 9 nitrogen and oxygen atoms in total. The van der Waals surface area contributed by atoms with E-state index >= 15 is 0 Å². The summed E-state index contributed by atoms with van der Waals surface area (Å²) in [4.78, 5) is 37.0. The van der Waals surface area contributed by atoms with Crippen LogP contribution in [0.25, 0.3) is 0 Å². The van der Waals surface area contributed by atoms with Crippen molar-refractivity contribution in [1.82, 2.24) is 25.0 Å². The minimum Gasteiger partial charge on any atom is -0.492 e. The number of aromatic nitrogens is 3. The van der Waals surface area contributed by atoms with Gasteiger partial charge >= 0.3 is 0 Å². The van der Waals surface area contributed by atoms with E-state index in [1.54, 1.807) is 18.5 Å².